The SMILES string of the molecule is C=CCOc1ccc(-c2nn(-c3ccccc3)cc2/C=c2\sc3nc(-c4ccco4)nn3c2=O)c(C)c1. The van der Waals surface area contributed by atoms with Crippen LogP contribution in [-0.4, -0.2) is 31.0 Å². The summed E-state index contributed by atoms with van der Waals surface area (Å²) in [4.78, 5) is 18.2. The number of nitrogens with zero attached hydrogens (tertiary/aromatic N) is 5. The van der Waals surface area contributed by atoms with E-state index in [-0.39, 0.29) is 5.56 Å². The van der Waals surface area contributed by atoms with Crippen LogP contribution in [0.5, 0.6) is 5.75 Å². The Bertz CT molecular complexity index is 1830. The molecular weight excluding hydrogens is 486 g/mol. The van der Waals surface area contributed by atoms with Crippen molar-refractivity contribution >= 4 is 22.4 Å². The van der Waals surface area contributed by atoms with Gasteiger partial charge in [0.25, 0.3) is 5.56 Å². The molecule has 4 heterocycles. The van der Waals surface area contributed by atoms with E-state index in [1.54, 1.807) is 24.5 Å². The summed E-state index contributed by atoms with van der Waals surface area (Å²) in [6, 6.07) is 19.2. The molecule has 6 rings (SSSR count). The topological polar surface area (TPSA) is 87.4 Å². The largest absolute Gasteiger partial charge is 0.490 e. The molecule has 0 aliphatic rings. The normalized spacial score (nSPS) is 11.9. The highest BCUT2D eigenvalue weighted by molar-refractivity contribution is 7.15. The summed E-state index contributed by atoms with van der Waals surface area (Å²) < 4.78 is 14.7. The molecule has 0 spiro atoms. The van der Waals surface area contributed by atoms with Gasteiger partial charge in [-0.05, 0) is 61.0 Å². The Morgan fingerprint density at radius 2 is 1.97 bits per heavy atom. The minimum absolute atomic E-state index is 0.242. The van der Waals surface area contributed by atoms with E-state index in [0.29, 0.717) is 27.7 Å². The van der Waals surface area contributed by atoms with Crippen molar-refractivity contribution in [2.24, 2.45) is 0 Å². The quantitative estimate of drug-likeness (QED) is 0.292. The fourth-order valence-corrected chi connectivity index (χ4v) is 4.95. The van der Waals surface area contributed by atoms with E-state index in [2.05, 4.69) is 16.7 Å². The molecule has 6 aromatic rings. The summed E-state index contributed by atoms with van der Waals surface area (Å²) in [5.74, 6) is 1.66. The number of hydrogen-bond acceptors (Lipinski definition) is 7. The number of benzene rings is 2. The number of fused-ring (bicyclic) bond motifs is 1. The standard InChI is InChI=1S/C28H21N5O3S/c1-3-13-35-21-11-12-22(18(2)15-21)25-19(17-32(30-25)20-8-5-4-6-9-20)16-24-27(34)33-28(37-24)29-26(31-33)23-10-7-14-36-23/h3-12,14-17H,1,13H2,2H3/b24-16-. The third-order valence-corrected chi connectivity index (χ3v) is 6.75. The lowest BCUT2D eigenvalue weighted by Gasteiger charge is -2.08. The summed E-state index contributed by atoms with van der Waals surface area (Å²) >= 11 is 1.27. The lowest BCUT2D eigenvalue weighted by Crippen LogP contribution is -2.23. The van der Waals surface area contributed by atoms with Crippen molar-refractivity contribution in [3.05, 3.63) is 112 Å². The van der Waals surface area contributed by atoms with E-state index in [4.69, 9.17) is 14.3 Å². The number of ether oxygens (including phenoxy) is 1. The number of furan rings is 1. The Morgan fingerprint density at radius 3 is 2.70 bits per heavy atom. The van der Waals surface area contributed by atoms with E-state index >= 15 is 0 Å². The molecule has 0 amide bonds. The van der Waals surface area contributed by atoms with Crippen molar-refractivity contribution in [1.29, 1.82) is 0 Å². The molecule has 0 radical (unpaired) electrons. The van der Waals surface area contributed by atoms with Crippen LogP contribution in [0, 0.1) is 6.92 Å². The zero-order valence-corrected chi connectivity index (χ0v) is 20.7. The van der Waals surface area contributed by atoms with Crippen LogP contribution < -0.4 is 14.8 Å². The minimum Gasteiger partial charge on any atom is -0.490 e. The van der Waals surface area contributed by atoms with E-state index in [9.17, 15) is 4.79 Å². The lowest BCUT2D eigenvalue weighted by atomic mass is 10.0. The summed E-state index contributed by atoms with van der Waals surface area (Å²) in [5.41, 5.74) is 4.18. The first-order valence-electron chi connectivity index (χ1n) is 11.6. The molecule has 8 nitrogen and oxygen atoms in total. The molecule has 37 heavy (non-hydrogen) atoms. The second-order valence-corrected chi connectivity index (χ2v) is 9.32. The van der Waals surface area contributed by atoms with Crippen LogP contribution in [0.15, 0.2) is 95.0 Å². The van der Waals surface area contributed by atoms with Gasteiger partial charge in [-0.1, -0.05) is 42.2 Å². The van der Waals surface area contributed by atoms with Gasteiger partial charge in [-0.15, -0.1) is 5.10 Å². The second kappa shape index (κ2) is 9.36. The van der Waals surface area contributed by atoms with Gasteiger partial charge in [-0.25, -0.2) is 4.68 Å². The minimum atomic E-state index is -0.242. The number of aryl methyl sites for hydroxylation is 1. The average Bonchev–Trinajstić information content (AvgIpc) is 3.70. The Labute approximate surface area is 215 Å². The Hall–Kier alpha value is -4.76. The second-order valence-electron chi connectivity index (χ2n) is 8.31. The van der Waals surface area contributed by atoms with E-state index < -0.39 is 0 Å². The molecule has 0 N–H and O–H groups in total. The molecule has 182 valence electrons. The van der Waals surface area contributed by atoms with Crippen LogP contribution in [0.3, 0.4) is 0 Å². The van der Waals surface area contributed by atoms with Crippen LogP contribution in [0.4, 0.5) is 0 Å². The van der Waals surface area contributed by atoms with Gasteiger partial charge >= 0.3 is 0 Å². The van der Waals surface area contributed by atoms with E-state index in [0.717, 1.165) is 33.8 Å². The first-order valence-corrected chi connectivity index (χ1v) is 12.4. The van der Waals surface area contributed by atoms with Gasteiger partial charge in [-0.2, -0.15) is 14.6 Å². The van der Waals surface area contributed by atoms with Gasteiger partial charge in [0, 0.05) is 17.3 Å². The first kappa shape index (κ1) is 22.7. The highest BCUT2D eigenvalue weighted by Crippen LogP contribution is 2.30. The van der Waals surface area contributed by atoms with Gasteiger partial charge in [-0.3, -0.25) is 4.79 Å². The summed E-state index contributed by atoms with van der Waals surface area (Å²) in [6.07, 6.45) is 7.03. The molecule has 0 aliphatic carbocycles. The predicted molar refractivity (Wildman–Crippen MR) is 143 cm³/mol. The summed E-state index contributed by atoms with van der Waals surface area (Å²) in [7, 11) is 0. The highest BCUT2D eigenvalue weighted by Gasteiger charge is 2.17. The molecule has 0 fully saturated rings. The average molecular weight is 508 g/mol. The summed E-state index contributed by atoms with van der Waals surface area (Å²) in [6.45, 7) is 6.15. The monoisotopic (exact) mass is 507 g/mol. The molecule has 0 saturated carbocycles. The Balaban J connectivity index is 1.48. The predicted octanol–water partition coefficient (Wildman–Crippen LogP) is 4.68. The third kappa shape index (κ3) is 4.25. The van der Waals surface area contributed by atoms with Crippen molar-refractivity contribution < 1.29 is 9.15 Å². The number of thiazole rings is 1. The van der Waals surface area contributed by atoms with Gasteiger partial charge in [0.1, 0.15) is 18.1 Å². The van der Waals surface area contributed by atoms with Crippen molar-refractivity contribution in [2.45, 2.75) is 6.92 Å². The maximum Gasteiger partial charge on any atom is 0.291 e. The van der Waals surface area contributed by atoms with Gasteiger partial charge in [0.15, 0.2) is 5.76 Å². The van der Waals surface area contributed by atoms with Crippen LogP contribution in [0.1, 0.15) is 11.1 Å². The maximum absolute atomic E-state index is 13.2. The highest BCUT2D eigenvalue weighted by atomic mass is 32.1. The molecule has 9 heteroatoms. The Morgan fingerprint density at radius 1 is 1.11 bits per heavy atom. The van der Waals surface area contributed by atoms with Crippen molar-refractivity contribution in [1.82, 2.24) is 24.4 Å². The third-order valence-electron chi connectivity index (χ3n) is 5.79. The Kier molecular flexibility index (Phi) is 5.74. The van der Waals surface area contributed by atoms with Gasteiger partial charge < -0.3 is 9.15 Å². The molecule has 0 bridgehead atoms. The smallest absolute Gasteiger partial charge is 0.291 e. The molecule has 0 saturated heterocycles. The van der Waals surface area contributed by atoms with Gasteiger partial charge in [0.05, 0.1) is 16.5 Å². The van der Waals surface area contributed by atoms with Crippen LogP contribution in [0.25, 0.3) is 39.6 Å². The number of rotatable bonds is 7. The van der Waals surface area contributed by atoms with Crippen LogP contribution in [0.2, 0.25) is 0 Å². The molecular formula is C28H21N5O3S. The van der Waals surface area contributed by atoms with Crippen molar-refractivity contribution in [2.75, 3.05) is 6.61 Å². The fraction of sp³-hybridized carbons (Fsp3) is 0.0714. The summed E-state index contributed by atoms with van der Waals surface area (Å²) in [5, 5.41) is 9.25. The van der Waals surface area contributed by atoms with Crippen LogP contribution in [-0.2, 0) is 0 Å². The number of aromatic nitrogens is 5. The zero-order chi connectivity index (χ0) is 25.4. The van der Waals surface area contributed by atoms with Crippen molar-refractivity contribution in [3.63, 3.8) is 0 Å². The van der Waals surface area contributed by atoms with E-state index in [1.807, 2.05) is 72.4 Å². The zero-order valence-electron chi connectivity index (χ0n) is 19.9. The molecule has 0 atom stereocenters. The molecule has 4 aromatic heterocycles. The van der Waals surface area contributed by atoms with Crippen molar-refractivity contribution in [3.8, 4) is 34.3 Å². The molecule has 0 aliphatic heterocycles. The number of hydrogen-bond donors (Lipinski definition) is 0. The van der Waals surface area contributed by atoms with Gasteiger partial charge in [0.2, 0.25) is 10.8 Å². The van der Waals surface area contributed by atoms with Crippen LogP contribution >= 0.6 is 11.3 Å². The fourth-order valence-electron chi connectivity index (χ4n) is 4.05. The van der Waals surface area contributed by atoms with E-state index in [1.165, 1.54) is 15.9 Å². The maximum atomic E-state index is 13.2. The lowest BCUT2D eigenvalue weighted by molar-refractivity contribution is 0.363. The first-order chi connectivity index (χ1) is 18.1. The number of para-hydroxylation sites is 1. The molecule has 2 aromatic carbocycles. The molecule has 0 unspecified atom stereocenters.